The molecule has 2 heterocycles. The zero-order valence-electron chi connectivity index (χ0n) is 13.8. The van der Waals surface area contributed by atoms with E-state index in [1.807, 2.05) is 42.8 Å². The summed E-state index contributed by atoms with van der Waals surface area (Å²) in [6.07, 6.45) is 3.18. The van der Waals surface area contributed by atoms with Gasteiger partial charge in [-0.15, -0.1) is 36.2 Å². The van der Waals surface area contributed by atoms with Crippen LogP contribution in [0.2, 0.25) is 0 Å². The molecule has 5 nitrogen and oxygen atoms in total. The maximum absolute atomic E-state index is 12.1. The number of aromatic amines is 1. The van der Waals surface area contributed by atoms with Crippen LogP contribution >= 0.6 is 36.2 Å². The number of fused-ring (bicyclic) bond motifs is 1. The number of rotatable bonds is 6. The third kappa shape index (κ3) is 5.44. The second kappa shape index (κ2) is 9.77. The van der Waals surface area contributed by atoms with Crippen LogP contribution in [0.1, 0.15) is 16.3 Å². The van der Waals surface area contributed by atoms with Crippen molar-refractivity contribution in [3.63, 3.8) is 0 Å². The van der Waals surface area contributed by atoms with Crippen molar-refractivity contribution in [3.05, 3.63) is 52.1 Å². The number of para-hydroxylation sites is 1. The van der Waals surface area contributed by atoms with Gasteiger partial charge in [0.1, 0.15) is 0 Å². The first-order chi connectivity index (χ1) is 11.1. The van der Waals surface area contributed by atoms with Gasteiger partial charge in [0.25, 0.3) is 0 Å². The number of benzene rings is 1. The average Bonchev–Trinajstić information content (AvgIpc) is 3.14. The van der Waals surface area contributed by atoms with Crippen LogP contribution in [0.3, 0.4) is 0 Å². The highest BCUT2D eigenvalue weighted by atomic mass is 35.5. The van der Waals surface area contributed by atoms with Crippen molar-refractivity contribution in [3.8, 4) is 0 Å². The van der Waals surface area contributed by atoms with Crippen LogP contribution < -0.4 is 11.1 Å². The Balaban J connectivity index is 0.00000156. The molecule has 3 rings (SSSR count). The third-order valence-corrected chi connectivity index (χ3v) is 4.62. The second-order valence-corrected chi connectivity index (χ2v) is 6.63. The average molecular weight is 401 g/mol. The number of carbonyl (C=O) groups is 1. The van der Waals surface area contributed by atoms with E-state index in [0.717, 1.165) is 33.6 Å². The first-order valence-corrected chi connectivity index (χ1v) is 8.51. The van der Waals surface area contributed by atoms with E-state index in [1.54, 1.807) is 11.3 Å². The summed E-state index contributed by atoms with van der Waals surface area (Å²) in [4.78, 5) is 19.7. The minimum absolute atomic E-state index is 0. The first-order valence-electron chi connectivity index (χ1n) is 7.63. The lowest BCUT2D eigenvalue weighted by atomic mass is 10.1. The fraction of sp³-hybridized carbons (Fsp3) is 0.294. The molecule has 4 N–H and O–H groups in total. The lowest BCUT2D eigenvalue weighted by Crippen LogP contribution is -2.42. The quantitative estimate of drug-likeness (QED) is 0.594. The Morgan fingerprint density at radius 3 is 2.84 bits per heavy atom. The summed E-state index contributed by atoms with van der Waals surface area (Å²) >= 11 is 1.62. The number of halogens is 2. The molecule has 25 heavy (non-hydrogen) atoms. The Bertz CT molecular complexity index is 818. The molecule has 0 fully saturated rings. The SMILES string of the molecule is Cc1nc(CCNC(=O)[C@@H](N)Cc2c[nH]c3ccccc23)cs1.Cl.Cl. The van der Waals surface area contributed by atoms with Gasteiger partial charge in [-0.05, 0) is 25.0 Å². The molecule has 1 atom stereocenters. The zero-order chi connectivity index (χ0) is 16.2. The Hall–Kier alpha value is -1.60. The number of aromatic nitrogens is 2. The highest BCUT2D eigenvalue weighted by Gasteiger charge is 2.15. The summed E-state index contributed by atoms with van der Waals surface area (Å²) in [5.41, 5.74) is 9.19. The fourth-order valence-electron chi connectivity index (χ4n) is 2.60. The van der Waals surface area contributed by atoms with Crippen molar-refractivity contribution < 1.29 is 4.79 Å². The normalized spacial score (nSPS) is 11.4. The predicted octanol–water partition coefficient (Wildman–Crippen LogP) is 3.01. The van der Waals surface area contributed by atoms with E-state index >= 15 is 0 Å². The van der Waals surface area contributed by atoms with Crippen molar-refractivity contribution in [2.24, 2.45) is 5.73 Å². The number of hydrogen-bond acceptors (Lipinski definition) is 4. The van der Waals surface area contributed by atoms with Gasteiger partial charge in [0.05, 0.1) is 16.7 Å². The largest absolute Gasteiger partial charge is 0.361 e. The minimum Gasteiger partial charge on any atom is -0.361 e. The molecule has 0 unspecified atom stereocenters. The summed E-state index contributed by atoms with van der Waals surface area (Å²) in [5, 5.41) is 7.08. The van der Waals surface area contributed by atoms with Crippen molar-refractivity contribution in [1.29, 1.82) is 0 Å². The van der Waals surface area contributed by atoms with Crippen LogP contribution in [0, 0.1) is 6.92 Å². The third-order valence-electron chi connectivity index (χ3n) is 3.80. The molecule has 136 valence electrons. The molecular formula is C17H22Cl2N4OS. The van der Waals surface area contributed by atoms with Gasteiger partial charge in [0, 0.05) is 35.4 Å². The van der Waals surface area contributed by atoms with Gasteiger partial charge in [0.15, 0.2) is 0 Å². The van der Waals surface area contributed by atoms with Gasteiger partial charge in [-0.3, -0.25) is 4.79 Å². The number of H-pyrrole nitrogens is 1. The highest BCUT2D eigenvalue weighted by Crippen LogP contribution is 2.18. The van der Waals surface area contributed by atoms with Gasteiger partial charge >= 0.3 is 0 Å². The first kappa shape index (κ1) is 21.4. The Morgan fingerprint density at radius 2 is 2.12 bits per heavy atom. The monoisotopic (exact) mass is 400 g/mol. The fourth-order valence-corrected chi connectivity index (χ4v) is 3.25. The molecule has 2 aromatic heterocycles. The molecule has 0 saturated carbocycles. The van der Waals surface area contributed by atoms with Gasteiger partial charge in [-0.25, -0.2) is 4.98 Å². The number of thiazole rings is 1. The minimum atomic E-state index is -0.550. The molecule has 0 aliphatic carbocycles. The van der Waals surface area contributed by atoms with Crippen LogP contribution in [0.4, 0.5) is 0 Å². The van der Waals surface area contributed by atoms with Crippen molar-refractivity contribution in [2.75, 3.05) is 6.54 Å². The van der Waals surface area contributed by atoms with Crippen LogP contribution in [-0.2, 0) is 17.6 Å². The zero-order valence-corrected chi connectivity index (χ0v) is 16.3. The van der Waals surface area contributed by atoms with Gasteiger partial charge in [0.2, 0.25) is 5.91 Å². The summed E-state index contributed by atoms with van der Waals surface area (Å²) in [6, 6.07) is 7.47. The van der Waals surface area contributed by atoms with Crippen molar-refractivity contribution >= 4 is 53.0 Å². The van der Waals surface area contributed by atoms with Crippen LogP contribution in [-0.4, -0.2) is 28.5 Å². The Morgan fingerprint density at radius 1 is 1.36 bits per heavy atom. The number of nitrogens with zero attached hydrogens (tertiary/aromatic N) is 1. The highest BCUT2D eigenvalue weighted by molar-refractivity contribution is 7.09. The van der Waals surface area contributed by atoms with E-state index in [9.17, 15) is 4.79 Å². The smallest absolute Gasteiger partial charge is 0.237 e. The second-order valence-electron chi connectivity index (χ2n) is 5.57. The standard InChI is InChI=1S/C17H20N4OS.2ClH/c1-11-21-13(10-23-11)6-7-19-17(22)15(18)8-12-9-20-16-5-3-2-4-14(12)16;;/h2-5,9-10,15,20H,6-8,18H2,1H3,(H,19,22);2*1H/t15-;;/m0../s1. The van der Waals surface area contributed by atoms with Crippen molar-refractivity contribution in [2.45, 2.75) is 25.8 Å². The Kier molecular flexibility index (Phi) is 8.38. The molecule has 1 aromatic carbocycles. The lowest BCUT2D eigenvalue weighted by Gasteiger charge is -2.11. The van der Waals surface area contributed by atoms with Gasteiger partial charge in [-0.1, -0.05) is 18.2 Å². The molecule has 0 saturated heterocycles. The predicted molar refractivity (Wildman–Crippen MR) is 108 cm³/mol. The number of nitrogens with two attached hydrogens (primary N) is 1. The number of nitrogens with one attached hydrogen (secondary N) is 2. The van der Waals surface area contributed by atoms with Crippen LogP contribution in [0.15, 0.2) is 35.8 Å². The maximum atomic E-state index is 12.1. The Labute approximate surface area is 163 Å². The molecule has 3 aromatic rings. The summed E-state index contributed by atoms with van der Waals surface area (Å²) in [7, 11) is 0. The van der Waals surface area contributed by atoms with Crippen molar-refractivity contribution in [1.82, 2.24) is 15.3 Å². The lowest BCUT2D eigenvalue weighted by molar-refractivity contribution is -0.122. The number of carbonyl (C=O) groups excluding carboxylic acids is 1. The summed E-state index contributed by atoms with van der Waals surface area (Å²) < 4.78 is 0. The van der Waals surface area contributed by atoms with Gasteiger partial charge < -0.3 is 16.0 Å². The number of hydrogen-bond donors (Lipinski definition) is 3. The maximum Gasteiger partial charge on any atom is 0.237 e. The van der Waals surface area contributed by atoms with Crippen LogP contribution in [0.5, 0.6) is 0 Å². The molecule has 0 radical (unpaired) electrons. The molecule has 0 spiro atoms. The summed E-state index contributed by atoms with van der Waals surface area (Å²) in [6.45, 7) is 2.54. The van der Waals surface area contributed by atoms with E-state index in [4.69, 9.17) is 5.73 Å². The molecule has 8 heteroatoms. The molecular weight excluding hydrogens is 379 g/mol. The van der Waals surface area contributed by atoms with E-state index in [2.05, 4.69) is 15.3 Å². The molecule has 0 aliphatic heterocycles. The molecule has 0 aliphatic rings. The van der Waals surface area contributed by atoms with Gasteiger partial charge in [-0.2, -0.15) is 0 Å². The number of amides is 1. The van der Waals surface area contributed by atoms with E-state index in [1.165, 1.54) is 0 Å². The molecule has 1 amide bonds. The van der Waals surface area contributed by atoms with E-state index < -0.39 is 6.04 Å². The topological polar surface area (TPSA) is 83.8 Å². The molecule has 0 bridgehead atoms. The van der Waals surface area contributed by atoms with E-state index in [-0.39, 0.29) is 30.7 Å². The van der Waals surface area contributed by atoms with E-state index in [0.29, 0.717) is 13.0 Å². The summed E-state index contributed by atoms with van der Waals surface area (Å²) in [5.74, 6) is -0.123. The number of aryl methyl sites for hydroxylation is 1. The van der Waals surface area contributed by atoms with Crippen LogP contribution in [0.25, 0.3) is 10.9 Å².